The van der Waals surface area contributed by atoms with Crippen molar-refractivity contribution in [2.24, 2.45) is 0 Å². The first-order valence-electron chi connectivity index (χ1n) is 9.58. The van der Waals surface area contributed by atoms with E-state index in [2.05, 4.69) is 0 Å². The quantitative estimate of drug-likeness (QED) is 0.310. The molecule has 5 nitrogen and oxygen atoms in total. The third-order valence-corrected chi connectivity index (χ3v) is 18.9. The van der Waals surface area contributed by atoms with Gasteiger partial charge in [0.1, 0.15) is 0 Å². The Labute approximate surface area is 189 Å². The number of aryl methyl sites for hydroxylation is 1. The molecule has 1 saturated heterocycles. The molecule has 2 aromatic rings. The summed E-state index contributed by atoms with van der Waals surface area (Å²) in [6.45, 7) is 1.76. The third kappa shape index (κ3) is 3.36. The Balaban J connectivity index is 1.97. The van der Waals surface area contributed by atoms with Crippen LogP contribution in [0.1, 0.15) is 15.9 Å². The van der Waals surface area contributed by atoms with Gasteiger partial charge in [-0.15, -0.1) is 0 Å². The summed E-state index contributed by atoms with van der Waals surface area (Å²) in [7, 11) is 3.70. The Morgan fingerprint density at radius 3 is 2.52 bits per heavy atom. The van der Waals surface area contributed by atoms with Crippen LogP contribution in [-0.4, -0.2) is 40.0 Å². The van der Waals surface area contributed by atoms with E-state index in [1.165, 1.54) is 0 Å². The van der Waals surface area contributed by atoms with Crippen molar-refractivity contribution in [1.82, 2.24) is 0 Å². The van der Waals surface area contributed by atoms with Crippen molar-refractivity contribution >= 4 is 53.7 Å². The summed E-state index contributed by atoms with van der Waals surface area (Å²) in [6, 6.07) is 13.5. The van der Waals surface area contributed by atoms with Gasteiger partial charge in [0.15, 0.2) is 0 Å². The van der Waals surface area contributed by atoms with E-state index in [1.54, 1.807) is 55.5 Å². The number of carbonyl (C=O) groups is 1. The fourth-order valence-corrected chi connectivity index (χ4v) is 18.6. The molecule has 2 aromatic carbocycles. The van der Waals surface area contributed by atoms with E-state index in [0.29, 0.717) is 33.4 Å². The van der Waals surface area contributed by atoms with E-state index in [4.69, 9.17) is 4.42 Å². The maximum absolute atomic E-state index is 12.9. The van der Waals surface area contributed by atoms with Gasteiger partial charge in [-0.05, 0) is 0 Å². The molecule has 1 fully saturated rings. The molecule has 31 heavy (non-hydrogen) atoms. The Morgan fingerprint density at radius 2 is 1.77 bits per heavy atom. The molecule has 0 spiro atoms. The number of phenols is 1. The number of benzene rings is 3. The minimum atomic E-state index is -1.72. The number of hydrogen-bond acceptors (Lipinski definition) is 6. The van der Waals surface area contributed by atoms with Crippen molar-refractivity contribution in [3.8, 4) is 28.2 Å². The summed E-state index contributed by atoms with van der Waals surface area (Å²) in [6.07, 6.45) is 0. The normalized spacial score (nSPS) is 14.5. The maximum atomic E-state index is 12.9. The third-order valence-electron chi connectivity index (χ3n) is 5.32. The summed E-state index contributed by atoms with van der Waals surface area (Å²) < 4.78 is 7.08. The van der Waals surface area contributed by atoms with Gasteiger partial charge >= 0.3 is 190 Å². The van der Waals surface area contributed by atoms with Gasteiger partial charge in [-0.2, -0.15) is 0 Å². The van der Waals surface area contributed by atoms with Gasteiger partial charge in [0.05, 0.1) is 0 Å². The van der Waals surface area contributed by atoms with Crippen molar-refractivity contribution in [3.63, 3.8) is 0 Å². The second-order valence-corrected chi connectivity index (χ2v) is 18.7. The summed E-state index contributed by atoms with van der Waals surface area (Å²) >= 11 is -1.72. The molecule has 2 N–H and O–H groups in total. The molecule has 0 radical (unpaired) electrons. The van der Waals surface area contributed by atoms with Gasteiger partial charge in [-0.3, -0.25) is 0 Å². The Morgan fingerprint density at radius 1 is 1.03 bits per heavy atom. The number of aromatic hydroxyl groups is 1. The molecule has 0 unspecified atom stereocenters. The van der Waals surface area contributed by atoms with Crippen LogP contribution in [0.4, 0.5) is 0 Å². The molecule has 0 amide bonds. The van der Waals surface area contributed by atoms with E-state index in [1.807, 2.05) is 20.0 Å². The number of rotatable bonds is 3. The molecule has 3 aliphatic rings. The molecular formula is C23H17AsO5S2. The first-order valence-corrected chi connectivity index (χ1v) is 17.0. The van der Waals surface area contributed by atoms with Crippen molar-refractivity contribution in [1.29, 1.82) is 0 Å². The first-order chi connectivity index (χ1) is 15.0. The molecule has 2 aliphatic heterocycles. The molecule has 0 atom stereocenters. The molecule has 2 heterocycles. The van der Waals surface area contributed by atoms with Gasteiger partial charge in [0, 0.05) is 0 Å². The average molecular weight is 512 g/mol. The number of phenolic OH excluding ortho intramolecular Hbond substituents is 1. The second kappa shape index (κ2) is 7.97. The average Bonchev–Trinajstić information content (AvgIpc) is 3.29. The van der Waals surface area contributed by atoms with Gasteiger partial charge in [-0.25, -0.2) is 0 Å². The SMILES string of the molecule is Cc1c(O)ccc2c(-c3ccccc3C(=O)O)c3ccc(=O)c([As]4SCCS4)c-3oc12. The molecule has 8 heteroatoms. The fraction of sp³-hybridized carbons (Fsp3) is 0.130. The standard InChI is InChI=1S/C23H17AsO5S2/c1-12-17(25)8-6-15-19(13-4-2-3-5-14(13)23(27)28)16-7-9-18(26)20(22(16)29-21(12)15)24-30-10-11-31-24/h2-9,25H,10-11H2,1H3,(H,27,28). The first kappa shape index (κ1) is 20.6. The summed E-state index contributed by atoms with van der Waals surface area (Å²) in [5.41, 5.74) is 3.17. The zero-order valence-electron chi connectivity index (χ0n) is 16.4. The monoisotopic (exact) mass is 512 g/mol. The van der Waals surface area contributed by atoms with Crippen molar-refractivity contribution in [2.45, 2.75) is 6.92 Å². The van der Waals surface area contributed by atoms with Crippen LogP contribution in [0, 0.1) is 6.92 Å². The Kier molecular flexibility index (Phi) is 5.29. The Bertz CT molecular complexity index is 1370. The van der Waals surface area contributed by atoms with Crippen LogP contribution >= 0.6 is 20.0 Å². The van der Waals surface area contributed by atoms with Crippen LogP contribution in [0.3, 0.4) is 0 Å². The minimum absolute atomic E-state index is 0.0345. The fourth-order valence-electron chi connectivity index (χ4n) is 3.87. The molecule has 5 rings (SSSR count). The van der Waals surface area contributed by atoms with Gasteiger partial charge < -0.3 is 0 Å². The van der Waals surface area contributed by atoms with Crippen LogP contribution in [0.2, 0.25) is 0 Å². The summed E-state index contributed by atoms with van der Waals surface area (Å²) in [4.78, 5) is 24.9. The van der Waals surface area contributed by atoms with Crippen LogP contribution in [-0.2, 0) is 0 Å². The van der Waals surface area contributed by atoms with Crippen LogP contribution in [0.15, 0.2) is 57.7 Å². The van der Waals surface area contributed by atoms with Crippen molar-refractivity contribution in [3.05, 3.63) is 69.9 Å². The Hall–Kier alpha value is -2.34. The number of fused-ring (bicyclic) bond motifs is 2. The van der Waals surface area contributed by atoms with E-state index < -0.39 is 18.3 Å². The van der Waals surface area contributed by atoms with Gasteiger partial charge in [-0.1, -0.05) is 0 Å². The number of carboxylic acid groups (broad SMARTS) is 1. The van der Waals surface area contributed by atoms with E-state index >= 15 is 0 Å². The number of carboxylic acids is 1. The van der Waals surface area contributed by atoms with Crippen molar-refractivity contribution in [2.75, 3.05) is 11.5 Å². The molecule has 1 aliphatic carbocycles. The zero-order chi connectivity index (χ0) is 21.7. The van der Waals surface area contributed by atoms with Crippen LogP contribution in [0.5, 0.6) is 5.75 Å². The summed E-state index contributed by atoms with van der Waals surface area (Å²) in [5.74, 6) is 1.62. The van der Waals surface area contributed by atoms with Crippen LogP contribution in [0.25, 0.3) is 33.4 Å². The van der Waals surface area contributed by atoms with E-state index in [0.717, 1.165) is 21.4 Å². The molecule has 0 bridgehead atoms. The van der Waals surface area contributed by atoms with E-state index in [9.17, 15) is 19.8 Å². The molecule has 0 aromatic heterocycles. The van der Waals surface area contributed by atoms with Crippen molar-refractivity contribution < 1.29 is 19.4 Å². The molecular weight excluding hydrogens is 495 g/mol. The predicted molar refractivity (Wildman–Crippen MR) is 128 cm³/mol. The van der Waals surface area contributed by atoms with E-state index in [-0.39, 0.29) is 16.7 Å². The zero-order valence-corrected chi connectivity index (χ0v) is 19.9. The number of hydrogen-bond donors (Lipinski definition) is 2. The topological polar surface area (TPSA) is 87.7 Å². The predicted octanol–water partition coefficient (Wildman–Crippen LogP) is 4.45. The van der Waals surface area contributed by atoms with Crippen LogP contribution < -0.4 is 9.78 Å². The molecule has 0 saturated carbocycles. The van der Waals surface area contributed by atoms with Gasteiger partial charge in [0.25, 0.3) is 0 Å². The molecule has 156 valence electrons. The second-order valence-electron chi connectivity index (χ2n) is 7.13. The van der Waals surface area contributed by atoms with Gasteiger partial charge in [0.2, 0.25) is 0 Å². The number of aromatic carboxylic acids is 1. The summed E-state index contributed by atoms with van der Waals surface area (Å²) in [5, 5.41) is 20.8.